The van der Waals surface area contributed by atoms with Crippen molar-refractivity contribution in [2.75, 3.05) is 0 Å². The molecule has 138 valence electrons. The highest BCUT2D eigenvalue weighted by molar-refractivity contribution is 8.13. The van der Waals surface area contributed by atoms with Crippen molar-refractivity contribution in [1.29, 1.82) is 0 Å². The average molecular weight is 380 g/mol. The first-order valence-corrected chi connectivity index (χ1v) is 11.3. The Morgan fingerprint density at radius 3 is 1.84 bits per heavy atom. The first-order valence-electron chi connectivity index (χ1n) is 9.63. The maximum absolute atomic E-state index is 12.8. The molecule has 0 unspecified atom stereocenters. The Morgan fingerprint density at radius 1 is 0.880 bits per heavy atom. The van der Waals surface area contributed by atoms with Crippen molar-refractivity contribution >= 4 is 30.0 Å². The van der Waals surface area contributed by atoms with Gasteiger partial charge in [-0.3, -0.25) is 0 Å². The molecule has 0 aromatic heterocycles. The van der Waals surface area contributed by atoms with Crippen LogP contribution in [0.25, 0.3) is 0 Å². The van der Waals surface area contributed by atoms with Gasteiger partial charge in [0.1, 0.15) is 5.75 Å². The molecule has 0 bridgehead atoms. The van der Waals surface area contributed by atoms with E-state index in [1.165, 1.54) is 69.8 Å². The predicted molar refractivity (Wildman–Crippen MR) is 108 cm³/mol. The summed E-state index contributed by atoms with van der Waals surface area (Å²) in [6.07, 6.45) is 12.4. The van der Waals surface area contributed by atoms with Crippen LogP contribution in [0.4, 0.5) is 4.79 Å². The van der Waals surface area contributed by atoms with E-state index >= 15 is 0 Å². The van der Waals surface area contributed by atoms with Crippen LogP contribution >= 0.6 is 23.9 Å². The second kappa shape index (κ2) is 9.77. The summed E-state index contributed by atoms with van der Waals surface area (Å²) in [7, 11) is 0. The molecule has 1 aromatic carbocycles. The van der Waals surface area contributed by atoms with E-state index in [9.17, 15) is 4.79 Å². The molecule has 3 rings (SSSR count). The topological polar surface area (TPSA) is 29.5 Å². The summed E-state index contributed by atoms with van der Waals surface area (Å²) in [5, 5.41) is 1.10. The quantitative estimate of drug-likeness (QED) is 0.529. The van der Waals surface area contributed by atoms with E-state index in [1.807, 2.05) is 34.9 Å². The third-order valence-electron chi connectivity index (χ3n) is 4.97. The lowest BCUT2D eigenvalue weighted by Gasteiger charge is -2.30. The van der Waals surface area contributed by atoms with Crippen molar-refractivity contribution < 1.29 is 9.53 Å². The van der Waals surface area contributed by atoms with Crippen molar-refractivity contribution in [3.8, 4) is 5.75 Å². The van der Waals surface area contributed by atoms with Crippen LogP contribution in [0.3, 0.4) is 0 Å². The Morgan fingerprint density at radius 2 is 1.36 bits per heavy atom. The number of hydrogen-bond donors (Lipinski definition) is 0. The van der Waals surface area contributed by atoms with Crippen LogP contribution in [-0.4, -0.2) is 20.3 Å². The third kappa shape index (κ3) is 6.14. The van der Waals surface area contributed by atoms with Gasteiger partial charge in [-0.25, -0.2) is 4.79 Å². The van der Waals surface area contributed by atoms with Gasteiger partial charge in [-0.05, 0) is 68.6 Å². The Hall–Kier alpha value is -0.810. The summed E-state index contributed by atoms with van der Waals surface area (Å²) in [5.74, 6) is 0.633. The standard InChI is InChI=1S/C20H29NO2S2/c1-16-12-14-17(15-13-16)23-20(22)21(24-18-8-4-2-5-9-18)25-19-10-6-3-7-11-19/h12-15,18-19H,2-11H2,1H3. The molecule has 0 radical (unpaired) electrons. The van der Waals surface area contributed by atoms with Gasteiger partial charge in [-0.2, -0.15) is 3.71 Å². The fourth-order valence-corrected chi connectivity index (χ4v) is 6.27. The molecule has 0 aliphatic heterocycles. The molecular formula is C20H29NO2S2. The minimum Gasteiger partial charge on any atom is -0.409 e. The van der Waals surface area contributed by atoms with Crippen LogP contribution in [0.15, 0.2) is 24.3 Å². The number of benzene rings is 1. The van der Waals surface area contributed by atoms with Crippen LogP contribution in [-0.2, 0) is 0 Å². The number of aryl methyl sites for hydroxylation is 1. The smallest absolute Gasteiger partial charge is 0.409 e. The number of rotatable bonds is 5. The van der Waals surface area contributed by atoms with E-state index in [4.69, 9.17) is 4.74 Å². The van der Waals surface area contributed by atoms with Crippen LogP contribution < -0.4 is 4.74 Å². The zero-order valence-corrected chi connectivity index (χ0v) is 16.7. The maximum Gasteiger partial charge on any atom is 0.435 e. The van der Waals surface area contributed by atoms with Crippen LogP contribution in [0.1, 0.15) is 69.8 Å². The molecule has 1 aromatic rings. The molecule has 3 nitrogen and oxygen atoms in total. The number of carbonyl (C=O) groups is 1. The SMILES string of the molecule is Cc1ccc(OC(=O)N(SC2CCCCC2)SC2CCCCC2)cc1. The summed E-state index contributed by atoms with van der Waals surface area (Å²) in [6.45, 7) is 2.04. The summed E-state index contributed by atoms with van der Waals surface area (Å²) in [4.78, 5) is 12.8. The minimum absolute atomic E-state index is 0.227. The first kappa shape index (κ1) is 19.0. The fourth-order valence-electron chi connectivity index (χ4n) is 3.47. The second-order valence-electron chi connectivity index (χ2n) is 7.17. The molecule has 5 heteroatoms. The molecule has 2 aliphatic rings. The number of carbonyl (C=O) groups excluding carboxylic acids is 1. The van der Waals surface area contributed by atoms with E-state index in [0.717, 1.165) is 0 Å². The highest BCUT2D eigenvalue weighted by Gasteiger charge is 2.28. The molecule has 0 N–H and O–H groups in total. The zero-order chi connectivity index (χ0) is 17.5. The normalized spacial score (nSPS) is 19.6. The van der Waals surface area contributed by atoms with Gasteiger partial charge < -0.3 is 4.74 Å². The van der Waals surface area contributed by atoms with Gasteiger partial charge in [0.15, 0.2) is 0 Å². The molecule has 0 heterocycles. The molecule has 0 atom stereocenters. The first-order chi connectivity index (χ1) is 12.2. The summed E-state index contributed by atoms with van der Waals surface area (Å²) in [5.41, 5.74) is 1.17. The van der Waals surface area contributed by atoms with Gasteiger partial charge in [0, 0.05) is 10.5 Å². The van der Waals surface area contributed by atoms with E-state index < -0.39 is 0 Å². The minimum atomic E-state index is -0.227. The Labute approximate surface area is 160 Å². The second-order valence-corrected chi connectivity index (χ2v) is 9.89. The van der Waals surface area contributed by atoms with Gasteiger partial charge in [0.05, 0.1) is 0 Å². The van der Waals surface area contributed by atoms with Gasteiger partial charge in [0.25, 0.3) is 0 Å². The lowest BCUT2D eigenvalue weighted by Crippen LogP contribution is -2.28. The van der Waals surface area contributed by atoms with E-state index in [-0.39, 0.29) is 6.09 Å². The highest BCUT2D eigenvalue weighted by Crippen LogP contribution is 2.39. The zero-order valence-electron chi connectivity index (χ0n) is 15.1. The van der Waals surface area contributed by atoms with Crippen molar-refractivity contribution in [2.45, 2.75) is 81.6 Å². The van der Waals surface area contributed by atoms with Gasteiger partial charge in [-0.15, -0.1) is 0 Å². The number of nitrogens with zero attached hydrogens (tertiary/aromatic N) is 1. The molecule has 1 amide bonds. The predicted octanol–water partition coefficient (Wildman–Crippen LogP) is 6.76. The Kier molecular flexibility index (Phi) is 7.41. The molecule has 0 saturated heterocycles. The van der Waals surface area contributed by atoms with E-state index in [0.29, 0.717) is 16.2 Å². The molecule has 25 heavy (non-hydrogen) atoms. The largest absolute Gasteiger partial charge is 0.435 e. The summed E-state index contributed by atoms with van der Waals surface area (Å²) >= 11 is 3.42. The number of ether oxygens (including phenoxy) is 1. The molecule has 2 fully saturated rings. The molecule has 0 spiro atoms. The number of hydrogen-bond acceptors (Lipinski definition) is 4. The van der Waals surface area contributed by atoms with Crippen molar-refractivity contribution in [3.05, 3.63) is 29.8 Å². The summed E-state index contributed by atoms with van der Waals surface area (Å²) < 4.78 is 7.51. The van der Waals surface area contributed by atoms with E-state index in [2.05, 4.69) is 0 Å². The van der Waals surface area contributed by atoms with Crippen LogP contribution in [0.2, 0.25) is 0 Å². The van der Waals surface area contributed by atoms with Crippen molar-refractivity contribution in [3.63, 3.8) is 0 Å². The maximum atomic E-state index is 12.8. The van der Waals surface area contributed by atoms with Gasteiger partial charge >= 0.3 is 6.09 Å². The van der Waals surface area contributed by atoms with Crippen LogP contribution in [0.5, 0.6) is 5.75 Å². The van der Waals surface area contributed by atoms with Crippen LogP contribution in [0, 0.1) is 6.92 Å². The summed E-state index contributed by atoms with van der Waals surface area (Å²) in [6, 6.07) is 7.72. The average Bonchev–Trinajstić information content (AvgIpc) is 2.65. The Bertz CT molecular complexity index is 517. The van der Waals surface area contributed by atoms with Crippen molar-refractivity contribution in [1.82, 2.24) is 3.71 Å². The molecule has 2 saturated carbocycles. The molecule has 2 aliphatic carbocycles. The monoisotopic (exact) mass is 379 g/mol. The van der Waals surface area contributed by atoms with E-state index in [1.54, 1.807) is 23.9 Å². The fraction of sp³-hybridized carbons (Fsp3) is 0.650. The lowest BCUT2D eigenvalue weighted by atomic mass is 10.0. The number of amides is 1. The Balaban J connectivity index is 1.62. The van der Waals surface area contributed by atoms with Gasteiger partial charge in [0.2, 0.25) is 0 Å². The third-order valence-corrected chi connectivity index (χ3v) is 7.71. The van der Waals surface area contributed by atoms with Gasteiger partial charge in [-0.1, -0.05) is 56.2 Å². The lowest BCUT2D eigenvalue weighted by molar-refractivity contribution is 0.196. The molecular weight excluding hydrogens is 350 g/mol. The van der Waals surface area contributed by atoms with Crippen molar-refractivity contribution in [2.24, 2.45) is 0 Å². The highest BCUT2D eigenvalue weighted by atomic mass is 32.2.